The molecule has 0 fully saturated rings. The fourth-order valence-corrected chi connectivity index (χ4v) is 2.73. The molecule has 0 aliphatic carbocycles. The van der Waals surface area contributed by atoms with Crippen LogP contribution in [0.25, 0.3) is 11.3 Å². The van der Waals surface area contributed by atoms with Crippen LogP contribution in [0.15, 0.2) is 60.7 Å². The van der Waals surface area contributed by atoms with Crippen LogP contribution in [-0.4, -0.2) is 16.7 Å². The number of benzene rings is 2. The third kappa shape index (κ3) is 5.70. The van der Waals surface area contributed by atoms with Gasteiger partial charge in [0, 0.05) is 23.4 Å². The molecule has 0 saturated carbocycles. The lowest BCUT2D eigenvalue weighted by Crippen LogP contribution is -2.32. The standard InChI is InChI=1S/C23H25FN4O2/c1-23(2,3)30-22(29)26-14-16-9-10-17(13-18(16)24)27-21-19(25)11-12-20(28-21)15-7-5-4-6-8-15/h4-13H,14,25H2,1-3H3,(H,26,29)(H,27,28). The van der Waals surface area contributed by atoms with Gasteiger partial charge >= 0.3 is 6.09 Å². The smallest absolute Gasteiger partial charge is 0.407 e. The summed E-state index contributed by atoms with van der Waals surface area (Å²) in [5.74, 6) is -0.0239. The van der Waals surface area contributed by atoms with Crippen LogP contribution in [0.4, 0.5) is 26.4 Å². The number of hydrogen-bond donors (Lipinski definition) is 3. The zero-order valence-corrected chi connectivity index (χ0v) is 17.2. The maximum absolute atomic E-state index is 14.5. The van der Waals surface area contributed by atoms with Crippen LogP contribution in [0.3, 0.4) is 0 Å². The van der Waals surface area contributed by atoms with Crippen molar-refractivity contribution in [2.45, 2.75) is 32.9 Å². The van der Waals surface area contributed by atoms with Crippen molar-refractivity contribution in [3.8, 4) is 11.3 Å². The first-order valence-electron chi connectivity index (χ1n) is 9.55. The molecular weight excluding hydrogens is 383 g/mol. The van der Waals surface area contributed by atoms with Gasteiger partial charge in [-0.2, -0.15) is 0 Å². The van der Waals surface area contributed by atoms with Gasteiger partial charge in [-0.25, -0.2) is 14.2 Å². The van der Waals surface area contributed by atoms with Crippen LogP contribution in [0.5, 0.6) is 0 Å². The normalized spacial score (nSPS) is 11.1. The van der Waals surface area contributed by atoms with E-state index in [0.717, 1.165) is 11.3 Å². The van der Waals surface area contributed by atoms with Crippen molar-refractivity contribution in [2.24, 2.45) is 0 Å². The monoisotopic (exact) mass is 408 g/mol. The molecule has 0 bridgehead atoms. The summed E-state index contributed by atoms with van der Waals surface area (Å²) in [6, 6.07) is 17.9. The minimum atomic E-state index is -0.613. The first kappa shape index (κ1) is 21.1. The molecule has 7 heteroatoms. The number of anilines is 3. The second-order valence-electron chi connectivity index (χ2n) is 7.79. The van der Waals surface area contributed by atoms with Crippen molar-refractivity contribution in [1.82, 2.24) is 10.3 Å². The Morgan fingerprint density at radius 1 is 1.10 bits per heavy atom. The molecule has 1 aromatic heterocycles. The van der Waals surface area contributed by atoms with Crippen LogP contribution in [0.1, 0.15) is 26.3 Å². The molecule has 6 nitrogen and oxygen atoms in total. The maximum Gasteiger partial charge on any atom is 0.407 e. The predicted molar refractivity (Wildman–Crippen MR) is 117 cm³/mol. The lowest BCUT2D eigenvalue weighted by molar-refractivity contribution is 0.0523. The highest BCUT2D eigenvalue weighted by Crippen LogP contribution is 2.26. The maximum atomic E-state index is 14.5. The number of carbonyl (C=O) groups is 1. The van der Waals surface area contributed by atoms with Gasteiger partial charge in [0.05, 0.1) is 11.4 Å². The van der Waals surface area contributed by atoms with Crippen LogP contribution >= 0.6 is 0 Å². The summed E-state index contributed by atoms with van der Waals surface area (Å²) in [4.78, 5) is 16.3. The van der Waals surface area contributed by atoms with Gasteiger partial charge in [0.1, 0.15) is 11.4 Å². The third-order valence-corrected chi connectivity index (χ3v) is 4.13. The fourth-order valence-electron chi connectivity index (χ4n) is 2.73. The van der Waals surface area contributed by atoms with E-state index in [4.69, 9.17) is 10.5 Å². The summed E-state index contributed by atoms with van der Waals surface area (Å²) in [6.45, 7) is 5.31. The van der Waals surface area contributed by atoms with Gasteiger partial charge in [-0.05, 0) is 45.0 Å². The van der Waals surface area contributed by atoms with Crippen LogP contribution < -0.4 is 16.4 Å². The molecule has 3 aromatic rings. The predicted octanol–water partition coefficient (Wildman–Crippen LogP) is 5.24. The first-order chi connectivity index (χ1) is 14.2. The summed E-state index contributed by atoms with van der Waals surface area (Å²) in [7, 11) is 0. The van der Waals surface area contributed by atoms with E-state index >= 15 is 0 Å². The molecule has 0 aliphatic rings. The summed E-state index contributed by atoms with van der Waals surface area (Å²) in [5.41, 5.74) is 8.42. The fraction of sp³-hybridized carbons (Fsp3) is 0.217. The van der Waals surface area contributed by atoms with Gasteiger partial charge in [0.15, 0.2) is 5.82 Å². The number of alkyl carbamates (subject to hydrolysis) is 1. The molecule has 0 radical (unpaired) electrons. The summed E-state index contributed by atoms with van der Waals surface area (Å²) in [5, 5.41) is 5.60. The average molecular weight is 408 g/mol. The Morgan fingerprint density at radius 2 is 1.83 bits per heavy atom. The number of aromatic nitrogens is 1. The Balaban J connectivity index is 1.71. The number of nitrogen functional groups attached to an aromatic ring is 1. The SMILES string of the molecule is CC(C)(C)OC(=O)NCc1ccc(Nc2nc(-c3ccccc3)ccc2N)cc1F. The van der Waals surface area contributed by atoms with E-state index in [2.05, 4.69) is 15.6 Å². The molecule has 2 aromatic carbocycles. The summed E-state index contributed by atoms with van der Waals surface area (Å²) in [6.07, 6.45) is -0.598. The molecule has 30 heavy (non-hydrogen) atoms. The average Bonchev–Trinajstić information content (AvgIpc) is 2.68. The molecule has 156 valence electrons. The van der Waals surface area contributed by atoms with Crippen LogP contribution in [-0.2, 0) is 11.3 Å². The van der Waals surface area contributed by atoms with E-state index in [9.17, 15) is 9.18 Å². The molecular formula is C23H25FN4O2. The van der Waals surface area contributed by atoms with Crippen molar-refractivity contribution < 1.29 is 13.9 Å². The first-order valence-corrected chi connectivity index (χ1v) is 9.55. The number of carbonyl (C=O) groups excluding carboxylic acids is 1. The minimum absolute atomic E-state index is 0.0188. The zero-order valence-electron chi connectivity index (χ0n) is 17.2. The van der Waals surface area contributed by atoms with Crippen molar-refractivity contribution in [3.63, 3.8) is 0 Å². The number of halogens is 1. The highest BCUT2D eigenvalue weighted by atomic mass is 19.1. The van der Waals surface area contributed by atoms with Crippen molar-refractivity contribution in [2.75, 3.05) is 11.1 Å². The number of nitrogens with one attached hydrogen (secondary N) is 2. The number of amides is 1. The van der Waals surface area contributed by atoms with Crippen LogP contribution in [0.2, 0.25) is 0 Å². The van der Waals surface area contributed by atoms with Crippen molar-refractivity contribution >= 4 is 23.3 Å². The summed E-state index contributed by atoms with van der Waals surface area (Å²) < 4.78 is 19.7. The second-order valence-corrected chi connectivity index (χ2v) is 7.79. The van der Waals surface area contributed by atoms with Crippen molar-refractivity contribution in [3.05, 3.63) is 72.0 Å². The van der Waals surface area contributed by atoms with Gasteiger partial charge in [0.25, 0.3) is 0 Å². The Bertz CT molecular complexity index is 1030. The van der Waals surface area contributed by atoms with Crippen molar-refractivity contribution in [1.29, 1.82) is 0 Å². The number of nitrogens with zero attached hydrogens (tertiary/aromatic N) is 1. The molecule has 4 N–H and O–H groups in total. The highest BCUT2D eigenvalue weighted by Gasteiger charge is 2.16. The molecule has 3 rings (SSSR count). The quantitative estimate of drug-likeness (QED) is 0.537. The van der Waals surface area contributed by atoms with Gasteiger partial charge in [-0.1, -0.05) is 36.4 Å². The van der Waals surface area contributed by atoms with Crippen LogP contribution in [0, 0.1) is 5.82 Å². The van der Waals surface area contributed by atoms with Gasteiger partial charge in [0.2, 0.25) is 0 Å². The molecule has 0 atom stereocenters. The number of rotatable bonds is 5. The molecule has 0 unspecified atom stereocenters. The lowest BCUT2D eigenvalue weighted by atomic mass is 10.1. The number of pyridine rings is 1. The van der Waals surface area contributed by atoms with Gasteiger partial charge < -0.3 is 21.1 Å². The van der Waals surface area contributed by atoms with E-state index in [1.54, 1.807) is 39.0 Å². The number of hydrogen-bond acceptors (Lipinski definition) is 5. The van der Waals surface area contributed by atoms with E-state index in [1.807, 2.05) is 36.4 Å². The van der Waals surface area contributed by atoms with E-state index in [0.29, 0.717) is 22.8 Å². The summed E-state index contributed by atoms with van der Waals surface area (Å²) >= 11 is 0. The van der Waals surface area contributed by atoms with Gasteiger partial charge in [-0.3, -0.25) is 0 Å². The van der Waals surface area contributed by atoms with E-state index < -0.39 is 17.5 Å². The molecule has 1 amide bonds. The highest BCUT2D eigenvalue weighted by molar-refractivity contribution is 5.73. The Morgan fingerprint density at radius 3 is 2.50 bits per heavy atom. The Hall–Kier alpha value is -3.61. The minimum Gasteiger partial charge on any atom is -0.444 e. The molecule has 0 aliphatic heterocycles. The topological polar surface area (TPSA) is 89.3 Å². The Labute approximate surface area is 175 Å². The molecule has 0 saturated heterocycles. The molecule has 0 spiro atoms. The Kier molecular flexibility index (Phi) is 6.20. The van der Waals surface area contributed by atoms with E-state index in [1.165, 1.54) is 6.07 Å². The van der Waals surface area contributed by atoms with E-state index in [-0.39, 0.29) is 6.54 Å². The zero-order chi connectivity index (χ0) is 21.7. The number of ether oxygens (including phenoxy) is 1. The largest absolute Gasteiger partial charge is 0.444 e. The molecule has 1 heterocycles. The second kappa shape index (κ2) is 8.82. The number of nitrogens with two attached hydrogens (primary N) is 1. The third-order valence-electron chi connectivity index (χ3n) is 4.13. The lowest BCUT2D eigenvalue weighted by Gasteiger charge is -2.19. The van der Waals surface area contributed by atoms with Gasteiger partial charge in [-0.15, -0.1) is 0 Å².